The van der Waals surface area contributed by atoms with Crippen LogP contribution in [0.2, 0.25) is 0 Å². The summed E-state index contributed by atoms with van der Waals surface area (Å²) in [6, 6.07) is 17.1. The number of nitrogens with zero attached hydrogens (tertiary/aromatic N) is 1. The summed E-state index contributed by atoms with van der Waals surface area (Å²) in [5, 5.41) is 21.2. The minimum absolute atomic E-state index is 0.0469. The van der Waals surface area contributed by atoms with Gasteiger partial charge in [-0.05, 0) is 47.2 Å². The van der Waals surface area contributed by atoms with Gasteiger partial charge in [0, 0.05) is 12.7 Å². The molecule has 0 atom stereocenters. The molecule has 0 aliphatic rings. The lowest BCUT2D eigenvalue weighted by molar-refractivity contribution is 0.0990. The highest BCUT2D eigenvalue weighted by atomic mass is 16.3. The average Bonchev–Trinajstić information content (AvgIpc) is 2.53. The molecule has 0 saturated carbocycles. The summed E-state index contributed by atoms with van der Waals surface area (Å²) >= 11 is 0. The number of benzene rings is 3. The number of hydrogen-bond acceptors (Lipinski definition) is 3. The molecule has 2 N–H and O–H groups in total. The highest BCUT2D eigenvalue weighted by Crippen LogP contribution is 2.27. The van der Waals surface area contributed by atoms with Crippen molar-refractivity contribution in [3.05, 3.63) is 66.2 Å². The van der Waals surface area contributed by atoms with Gasteiger partial charge in [0.05, 0.1) is 5.56 Å². The van der Waals surface area contributed by atoms with Gasteiger partial charge in [-0.15, -0.1) is 0 Å². The molecule has 0 saturated heterocycles. The van der Waals surface area contributed by atoms with E-state index in [9.17, 15) is 15.0 Å². The Labute approximate surface area is 127 Å². The lowest BCUT2D eigenvalue weighted by atomic mass is 10.0. The van der Waals surface area contributed by atoms with Crippen LogP contribution in [-0.2, 0) is 0 Å². The van der Waals surface area contributed by atoms with Crippen LogP contribution in [0.5, 0.6) is 11.5 Å². The molecule has 0 fully saturated rings. The first-order valence-corrected chi connectivity index (χ1v) is 6.85. The van der Waals surface area contributed by atoms with Crippen molar-refractivity contribution in [2.75, 3.05) is 11.9 Å². The summed E-state index contributed by atoms with van der Waals surface area (Å²) < 4.78 is 0. The van der Waals surface area contributed by atoms with Crippen molar-refractivity contribution < 1.29 is 15.0 Å². The van der Waals surface area contributed by atoms with Crippen LogP contribution in [0, 0.1) is 0 Å². The third-order valence-electron chi connectivity index (χ3n) is 3.64. The summed E-state index contributed by atoms with van der Waals surface area (Å²) in [6.07, 6.45) is 0. The third-order valence-corrected chi connectivity index (χ3v) is 3.64. The van der Waals surface area contributed by atoms with Crippen LogP contribution in [0.4, 0.5) is 5.69 Å². The maximum absolute atomic E-state index is 12.6. The lowest BCUT2D eigenvalue weighted by Gasteiger charge is -2.18. The fraction of sp³-hybridized carbons (Fsp3) is 0.0556. The second kappa shape index (κ2) is 5.41. The predicted molar refractivity (Wildman–Crippen MR) is 86.5 cm³/mol. The van der Waals surface area contributed by atoms with E-state index in [1.54, 1.807) is 31.3 Å². The minimum atomic E-state index is -0.311. The number of hydrogen-bond donors (Lipinski definition) is 2. The third kappa shape index (κ3) is 2.46. The molecule has 22 heavy (non-hydrogen) atoms. The molecular weight excluding hydrogens is 278 g/mol. The van der Waals surface area contributed by atoms with Gasteiger partial charge >= 0.3 is 0 Å². The Morgan fingerprint density at radius 2 is 1.50 bits per heavy atom. The van der Waals surface area contributed by atoms with Gasteiger partial charge in [-0.25, -0.2) is 0 Å². The smallest absolute Gasteiger partial charge is 0.261 e. The normalized spacial score (nSPS) is 10.6. The second-order valence-electron chi connectivity index (χ2n) is 5.10. The zero-order valence-corrected chi connectivity index (χ0v) is 12.0. The quantitative estimate of drug-likeness (QED) is 0.760. The number of carbonyl (C=O) groups is 1. The molecular formula is C18H15NO3. The van der Waals surface area contributed by atoms with Crippen LogP contribution in [0.15, 0.2) is 60.7 Å². The molecule has 110 valence electrons. The van der Waals surface area contributed by atoms with E-state index in [1.165, 1.54) is 17.0 Å². The maximum atomic E-state index is 12.6. The molecule has 0 radical (unpaired) electrons. The molecule has 4 nitrogen and oxygen atoms in total. The maximum Gasteiger partial charge on any atom is 0.261 e. The fourth-order valence-corrected chi connectivity index (χ4v) is 2.37. The van der Waals surface area contributed by atoms with Crippen LogP contribution in [-0.4, -0.2) is 23.2 Å². The molecule has 1 amide bonds. The SMILES string of the molecule is CN(C(=O)c1cc2ccccc2cc1O)c1ccc(O)cc1. The van der Waals surface area contributed by atoms with Crippen LogP contribution < -0.4 is 4.90 Å². The van der Waals surface area contributed by atoms with Crippen molar-refractivity contribution in [2.24, 2.45) is 0 Å². The second-order valence-corrected chi connectivity index (χ2v) is 5.10. The number of carbonyl (C=O) groups excluding carboxylic acids is 1. The molecule has 0 bridgehead atoms. The highest BCUT2D eigenvalue weighted by molar-refractivity contribution is 6.09. The van der Waals surface area contributed by atoms with Crippen LogP contribution >= 0.6 is 0 Å². The van der Waals surface area contributed by atoms with Crippen molar-refractivity contribution >= 4 is 22.4 Å². The van der Waals surface area contributed by atoms with Crippen LogP contribution in [0.1, 0.15) is 10.4 Å². The van der Waals surface area contributed by atoms with E-state index in [2.05, 4.69) is 0 Å². The highest BCUT2D eigenvalue weighted by Gasteiger charge is 2.18. The molecule has 0 unspecified atom stereocenters. The van der Waals surface area contributed by atoms with E-state index < -0.39 is 0 Å². The standard InChI is InChI=1S/C18H15NO3/c1-19(14-6-8-15(20)9-7-14)18(22)16-10-12-4-2-3-5-13(12)11-17(16)21/h2-11,20-21H,1H3. The number of phenols is 2. The van der Waals surface area contributed by atoms with Gasteiger partial charge in [0.2, 0.25) is 0 Å². The molecule has 0 aromatic heterocycles. The number of fused-ring (bicyclic) bond motifs is 1. The van der Waals surface area contributed by atoms with Gasteiger partial charge in [0.15, 0.2) is 0 Å². The minimum Gasteiger partial charge on any atom is -0.508 e. The van der Waals surface area contributed by atoms with E-state index in [4.69, 9.17) is 0 Å². The van der Waals surface area contributed by atoms with Crippen molar-refractivity contribution in [1.29, 1.82) is 0 Å². The first-order valence-electron chi connectivity index (χ1n) is 6.85. The Bertz CT molecular complexity index is 841. The summed E-state index contributed by atoms with van der Waals surface area (Å²) in [5.41, 5.74) is 0.879. The number of rotatable bonds is 2. The molecule has 0 heterocycles. The van der Waals surface area contributed by atoms with Gasteiger partial charge in [-0.3, -0.25) is 4.79 Å². The van der Waals surface area contributed by atoms with Crippen LogP contribution in [0.3, 0.4) is 0 Å². The molecule has 3 rings (SSSR count). The Hall–Kier alpha value is -3.01. The molecule has 4 heteroatoms. The molecule has 3 aromatic carbocycles. The monoisotopic (exact) mass is 293 g/mol. The molecule has 0 aliphatic heterocycles. The van der Waals surface area contributed by atoms with Crippen molar-refractivity contribution in [2.45, 2.75) is 0 Å². The van der Waals surface area contributed by atoms with E-state index in [1.807, 2.05) is 24.3 Å². The Morgan fingerprint density at radius 3 is 2.14 bits per heavy atom. The molecule has 0 aliphatic carbocycles. The van der Waals surface area contributed by atoms with Gasteiger partial charge in [-0.1, -0.05) is 24.3 Å². The first-order chi connectivity index (χ1) is 10.6. The summed E-state index contributed by atoms with van der Waals surface area (Å²) in [6.45, 7) is 0. The fourth-order valence-electron chi connectivity index (χ4n) is 2.37. The van der Waals surface area contributed by atoms with Gasteiger partial charge in [0.25, 0.3) is 5.91 Å². The largest absolute Gasteiger partial charge is 0.508 e. The number of phenolic OH excluding ortho intramolecular Hbond substituents is 2. The van der Waals surface area contributed by atoms with Gasteiger partial charge < -0.3 is 15.1 Å². The van der Waals surface area contributed by atoms with E-state index in [-0.39, 0.29) is 23.0 Å². The Balaban J connectivity index is 2.00. The van der Waals surface area contributed by atoms with E-state index >= 15 is 0 Å². The predicted octanol–water partition coefficient (Wildman–Crippen LogP) is 3.53. The number of amides is 1. The number of anilines is 1. The van der Waals surface area contributed by atoms with Crippen molar-refractivity contribution in [3.8, 4) is 11.5 Å². The Kier molecular flexibility index (Phi) is 3.43. The molecule has 0 spiro atoms. The van der Waals surface area contributed by atoms with Gasteiger partial charge in [-0.2, -0.15) is 0 Å². The zero-order valence-electron chi connectivity index (χ0n) is 12.0. The first kappa shape index (κ1) is 13.9. The van der Waals surface area contributed by atoms with Crippen LogP contribution in [0.25, 0.3) is 10.8 Å². The summed E-state index contributed by atoms with van der Waals surface area (Å²) in [7, 11) is 1.63. The zero-order chi connectivity index (χ0) is 15.7. The van der Waals surface area contributed by atoms with E-state index in [0.29, 0.717) is 5.69 Å². The number of aromatic hydroxyl groups is 2. The summed E-state index contributed by atoms with van der Waals surface area (Å²) in [4.78, 5) is 14.0. The topological polar surface area (TPSA) is 60.8 Å². The van der Waals surface area contributed by atoms with Gasteiger partial charge in [0.1, 0.15) is 11.5 Å². The summed E-state index contributed by atoms with van der Waals surface area (Å²) in [5.74, 6) is -0.221. The van der Waals surface area contributed by atoms with E-state index in [0.717, 1.165) is 10.8 Å². The van der Waals surface area contributed by atoms with Crippen molar-refractivity contribution in [3.63, 3.8) is 0 Å². The lowest BCUT2D eigenvalue weighted by Crippen LogP contribution is -2.26. The Morgan fingerprint density at radius 1 is 0.909 bits per heavy atom. The molecule has 3 aromatic rings. The van der Waals surface area contributed by atoms with Crippen molar-refractivity contribution in [1.82, 2.24) is 0 Å². The average molecular weight is 293 g/mol.